The minimum absolute atomic E-state index is 0.0174. The quantitative estimate of drug-likeness (QED) is 0.846. The predicted octanol–water partition coefficient (Wildman–Crippen LogP) is 4.29. The van der Waals surface area contributed by atoms with Crippen molar-refractivity contribution in [2.24, 2.45) is 0 Å². The average Bonchev–Trinajstić information content (AvgIpc) is 2.38. The Morgan fingerprint density at radius 3 is 2.63 bits per heavy atom. The van der Waals surface area contributed by atoms with Crippen molar-refractivity contribution in [3.8, 4) is 5.75 Å². The lowest BCUT2D eigenvalue weighted by molar-refractivity contribution is 0.101. The molecular weight excluding hydrogens is 262 g/mol. The minimum Gasteiger partial charge on any atom is -0.497 e. The molecule has 2 aromatic rings. The van der Waals surface area contributed by atoms with Gasteiger partial charge in [0, 0.05) is 28.0 Å². The monoisotopic (exact) mass is 275 g/mol. The van der Waals surface area contributed by atoms with E-state index in [1.54, 1.807) is 25.3 Å². The maximum atomic E-state index is 11.4. The number of benzene rings is 2. The van der Waals surface area contributed by atoms with Gasteiger partial charge in [0.05, 0.1) is 7.11 Å². The van der Waals surface area contributed by atoms with Gasteiger partial charge in [0.25, 0.3) is 0 Å². The van der Waals surface area contributed by atoms with Crippen LogP contribution in [0.2, 0.25) is 5.02 Å². The fraction of sp³-hybridized carbons (Fsp3) is 0.133. The molecule has 4 heteroatoms. The van der Waals surface area contributed by atoms with Crippen LogP contribution in [0.25, 0.3) is 0 Å². The van der Waals surface area contributed by atoms with Gasteiger partial charge in [0.1, 0.15) is 5.75 Å². The van der Waals surface area contributed by atoms with Crippen molar-refractivity contribution in [3.63, 3.8) is 0 Å². The highest BCUT2D eigenvalue weighted by Gasteiger charge is 2.04. The van der Waals surface area contributed by atoms with E-state index in [-0.39, 0.29) is 5.78 Å². The van der Waals surface area contributed by atoms with E-state index in [1.807, 2.05) is 24.3 Å². The molecule has 19 heavy (non-hydrogen) atoms. The van der Waals surface area contributed by atoms with E-state index >= 15 is 0 Å². The molecule has 0 radical (unpaired) electrons. The molecule has 0 fully saturated rings. The smallest absolute Gasteiger partial charge is 0.159 e. The van der Waals surface area contributed by atoms with Gasteiger partial charge < -0.3 is 10.1 Å². The topological polar surface area (TPSA) is 38.3 Å². The second kappa shape index (κ2) is 5.76. The summed E-state index contributed by atoms with van der Waals surface area (Å²) in [5.41, 5.74) is 2.22. The maximum absolute atomic E-state index is 11.4. The van der Waals surface area contributed by atoms with Crippen LogP contribution in [0.15, 0.2) is 42.5 Å². The number of carbonyl (C=O) groups is 1. The number of ketones is 1. The molecule has 2 rings (SSSR count). The van der Waals surface area contributed by atoms with Crippen LogP contribution in [0.1, 0.15) is 17.3 Å². The SMILES string of the molecule is COc1cccc(Nc2cc(Cl)cc(C(C)=O)c2)c1. The van der Waals surface area contributed by atoms with Crippen molar-refractivity contribution in [3.05, 3.63) is 53.1 Å². The van der Waals surface area contributed by atoms with Gasteiger partial charge >= 0.3 is 0 Å². The average molecular weight is 276 g/mol. The molecular formula is C15H14ClNO2. The Morgan fingerprint density at radius 1 is 1.16 bits per heavy atom. The zero-order valence-corrected chi connectivity index (χ0v) is 11.5. The molecule has 0 aromatic heterocycles. The van der Waals surface area contributed by atoms with Crippen molar-refractivity contribution in [1.82, 2.24) is 0 Å². The first kappa shape index (κ1) is 13.4. The number of anilines is 2. The zero-order chi connectivity index (χ0) is 13.8. The first-order valence-corrected chi connectivity index (χ1v) is 6.19. The van der Waals surface area contributed by atoms with Gasteiger partial charge in [-0.3, -0.25) is 4.79 Å². The Kier molecular flexibility index (Phi) is 4.07. The van der Waals surface area contributed by atoms with Crippen molar-refractivity contribution in [2.45, 2.75) is 6.92 Å². The van der Waals surface area contributed by atoms with Crippen LogP contribution >= 0.6 is 11.6 Å². The van der Waals surface area contributed by atoms with Crippen LogP contribution < -0.4 is 10.1 Å². The zero-order valence-electron chi connectivity index (χ0n) is 10.7. The Labute approximate surface area is 117 Å². The molecule has 0 aliphatic rings. The first-order valence-electron chi connectivity index (χ1n) is 5.81. The summed E-state index contributed by atoms with van der Waals surface area (Å²) in [5.74, 6) is 0.745. The number of nitrogens with one attached hydrogen (secondary N) is 1. The first-order chi connectivity index (χ1) is 9.08. The van der Waals surface area contributed by atoms with Crippen LogP contribution in [0, 0.1) is 0 Å². The summed E-state index contributed by atoms with van der Waals surface area (Å²) in [6.45, 7) is 1.51. The number of hydrogen-bond donors (Lipinski definition) is 1. The Bertz CT molecular complexity index is 611. The molecule has 0 aliphatic carbocycles. The second-order valence-corrected chi connectivity index (χ2v) is 4.58. The van der Waals surface area contributed by atoms with Crippen LogP contribution in [0.3, 0.4) is 0 Å². The molecule has 2 aromatic carbocycles. The van der Waals surface area contributed by atoms with Crippen LogP contribution in [-0.2, 0) is 0 Å². The van der Waals surface area contributed by atoms with Gasteiger partial charge in [-0.15, -0.1) is 0 Å². The van der Waals surface area contributed by atoms with Crippen molar-refractivity contribution >= 4 is 28.8 Å². The molecule has 3 nitrogen and oxygen atoms in total. The minimum atomic E-state index is -0.0174. The Balaban J connectivity index is 2.29. The summed E-state index contributed by atoms with van der Waals surface area (Å²) in [6, 6.07) is 12.7. The number of ether oxygens (including phenoxy) is 1. The molecule has 0 saturated heterocycles. The van der Waals surface area contributed by atoms with E-state index in [9.17, 15) is 4.79 Å². The van der Waals surface area contributed by atoms with Gasteiger partial charge in [-0.05, 0) is 37.3 Å². The van der Waals surface area contributed by atoms with Gasteiger partial charge in [-0.2, -0.15) is 0 Å². The predicted molar refractivity (Wildman–Crippen MR) is 77.7 cm³/mol. The van der Waals surface area contributed by atoms with Crippen LogP contribution in [-0.4, -0.2) is 12.9 Å². The Hall–Kier alpha value is -2.00. The second-order valence-electron chi connectivity index (χ2n) is 4.14. The lowest BCUT2D eigenvalue weighted by Gasteiger charge is -2.09. The summed E-state index contributed by atoms with van der Waals surface area (Å²) in [5, 5.41) is 3.72. The summed E-state index contributed by atoms with van der Waals surface area (Å²) in [4.78, 5) is 11.4. The van der Waals surface area contributed by atoms with Gasteiger partial charge in [-0.25, -0.2) is 0 Å². The largest absolute Gasteiger partial charge is 0.497 e. The molecule has 0 unspecified atom stereocenters. The number of rotatable bonds is 4. The number of carbonyl (C=O) groups excluding carboxylic acids is 1. The number of halogens is 1. The maximum Gasteiger partial charge on any atom is 0.159 e. The lowest BCUT2D eigenvalue weighted by atomic mass is 10.1. The Morgan fingerprint density at radius 2 is 1.95 bits per heavy atom. The van der Waals surface area contributed by atoms with E-state index in [0.717, 1.165) is 17.1 Å². The molecule has 0 atom stereocenters. The van der Waals surface area contributed by atoms with E-state index in [4.69, 9.17) is 16.3 Å². The third-order valence-corrected chi connectivity index (χ3v) is 2.88. The summed E-state index contributed by atoms with van der Waals surface area (Å²) in [6.07, 6.45) is 0. The fourth-order valence-corrected chi connectivity index (χ4v) is 1.97. The molecule has 1 N–H and O–H groups in total. The highest BCUT2D eigenvalue weighted by Crippen LogP contribution is 2.25. The van der Waals surface area contributed by atoms with Crippen molar-refractivity contribution < 1.29 is 9.53 Å². The molecule has 0 saturated carbocycles. The standard InChI is InChI=1S/C15H14ClNO2/c1-10(18)11-6-12(16)8-14(7-11)17-13-4-3-5-15(9-13)19-2/h3-9,17H,1-2H3. The van der Waals surface area contributed by atoms with E-state index in [1.165, 1.54) is 6.92 Å². The summed E-state index contributed by atoms with van der Waals surface area (Å²) >= 11 is 6.00. The van der Waals surface area contributed by atoms with Crippen molar-refractivity contribution in [1.29, 1.82) is 0 Å². The highest BCUT2D eigenvalue weighted by molar-refractivity contribution is 6.31. The molecule has 0 aliphatic heterocycles. The number of methoxy groups -OCH3 is 1. The van der Waals surface area contributed by atoms with E-state index in [2.05, 4.69) is 5.32 Å². The summed E-state index contributed by atoms with van der Waals surface area (Å²) in [7, 11) is 1.62. The number of hydrogen-bond acceptors (Lipinski definition) is 3. The van der Waals surface area contributed by atoms with Gasteiger partial charge in [0.2, 0.25) is 0 Å². The number of Topliss-reactive ketones (excluding diaryl/α,β-unsaturated/α-hetero) is 1. The summed E-state index contributed by atoms with van der Waals surface area (Å²) < 4.78 is 5.16. The van der Waals surface area contributed by atoms with Gasteiger partial charge in [-0.1, -0.05) is 17.7 Å². The van der Waals surface area contributed by atoms with E-state index in [0.29, 0.717) is 10.6 Å². The third kappa shape index (κ3) is 3.48. The highest BCUT2D eigenvalue weighted by atomic mass is 35.5. The molecule has 0 amide bonds. The fourth-order valence-electron chi connectivity index (χ4n) is 1.73. The van der Waals surface area contributed by atoms with Crippen molar-refractivity contribution in [2.75, 3.05) is 12.4 Å². The van der Waals surface area contributed by atoms with E-state index < -0.39 is 0 Å². The molecule has 0 spiro atoms. The third-order valence-electron chi connectivity index (χ3n) is 2.66. The lowest BCUT2D eigenvalue weighted by Crippen LogP contribution is -1.96. The normalized spacial score (nSPS) is 10.1. The molecule has 0 bridgehead atoms. The molecule has 0 heterocycles. The van der Waals surface area contributed by atoms with Crippen LogP contribution in [0.5, 0.6) is 5.75 Å². The van der Waals surface area contributed by atoms with Crippen LogP contribution in [0.4, 0.5) is 11.4 Å². The molecule has 98 valence electrons. The van der Waals surface area contributed by atoms with Gasteiger partial charge in [0.15, 0.2) is 5.78 Å².